The van der Waals surface area contributed by atoms with Crippen molar-refractivity contribution in [2.45, 2.75) is 44.4 Å². The second-order valence-corrected chi connectivity index (χ2v) is 4.86. The van der Waals surface area contributed by atoms with Crippen molar-refractivity contribution in [3.8, 4) is 0 Å². The van der Waals surface area contributed by atoms with Crippen molar-refractivity contribution in [1.29, 1.82) is 0 Å². The minimum Gasteiger partial charge on any atom is -0.479 e. The van der Waals surface area contributed by atoms with Crippen molar-refractivity contribution >= 4 is 5.97 Å². The van der Waals surface area contributed by atoms with Crippen LogP contribution >= 0.6 is 0 Å². The Morgan fingerprint density at radius 3 is 2.75 bits per heavy atom. The average molecular weight is 231 g/mol. The molecule has 0 saturated carbocycles. The van der Waals surface area contributed by atoms with Crippen molar-refractivity contribution < 1.29 is 19.4 Å². The number of hydrogen-bond acceptors (Lipinski definition) is 4. The number of carboxylic acid groups (broad SMARTS) is 1. The SMILES string of the molecule is COCC(C)(C)NCC1CCC(C(=O)O)O1. The zero-order valence-corrected chi connectivity index (χ0v) is 10.2. The summed E-state index contributed by atoms with van der Waals surface area (Å²) in [5.41, 5.74) is -0.112. The van der Waals surface area contributed by atoms with Crippen LogP contribution in [0.1, 0.15) is 26.7 Å². The Morgan fingerprint density at radius 1 is 1.56 bits per heavy atom. The van der Waals surface area contributed by atoms with E-state index in [-0.39, 0.29) is 11.6 Å². The first-order valence-corrected chi connectivity index (χ1v) is 5.57. The van der Waals surface area contributed by atoms with Gasteiger partial charge in [0.15, 0.2) is 6.10 Å². The van der Waals surface area contributed by atoms with Crippen molar-refractivity contribution in [1.82, 2.24) is 5.32 Å². The Hall–Kier alpha value is -0.650. The van der Waals surface area contributed by atoms with Crippen LogP contribution in [0.5, 0.6) is 0 Å². The molecule has 0 aromatic carbocycles. The maximum Gasteiger partial charge on any atom is 0.332 e. The van der Waals surface area contributed by atoms with Crippen LogP contribution in [0, 0.1) is 0 Å². The third-order valence-electron chi connectivity index (χ3n) is 2.70. The monoisotopic (exact) mass is 231 g/mol. The van der Waals surface area contributed by atoms with Gasteiger partial charge in [0.05, 0.1) is 12.7 Å². The number of ether oxygens (including phenoxy) is 2. The highest BCUT2D eigenvalue weighted by atomic mass is 16.5. The molecule has 16 heavy (non-hydrogen) atoms. The summed E-state index contributed by atoms with van der Waals surface area (Å²) < 4.78 is 10.5. The molecule has 1 heterocycles. The van der Waals surface area contributed by atoms with Gasteiger partial charge in [-0.05, 0) is 26.7 Å². The molecule has 2 atom stereocenters. The highest BCUT2D eigenvalue weighted by molar-refractivity contribution is 5.72. The molecule has 1 rings (SSSR count). The summed E-state index contributed by atoms with van der Waals surface area (Å²) in [6, 6.07) is 0. The predicted molar refractivity (Wildman–Crippen MR) is 59.5 cm³/mol. The lowest BCUT2D eigenvalue weighted by Crippen LogP contribution is -2.46. The molecule has 1 fully saturated rings. The molecule has 0 radical (unpaired) electrons. The smallest absolute Gasteiger partial charge is 0.332 e. The lowest BCUT2D eigenvalue weighted by atomic mass is 10.1. The van der Waals surface area contributed by atoms with Gasteiger partial charge >= 0.3 is 5.97 Å². The maximum atomic E-state index is 10.7. The van der Waals surface area contributed by atoms with Gasteiger partial charge in [-0.2, -0.15) is 0 Å². The normalized spacial score (nSPS) is 25.9. The number of methoxy groups -OCH3 is 1. The third kappa shape index (κ3) is 4.08. The number of carboxylic acids is 1. The second kappa shape index (κ2) is 5.61. The van der Waals surface area contributed by atoms with Gasteiger partial charge in [0, 0.05) is 19.2 Å². The topological polar surface area (TPSA) is 67.8 Å². The summed E-state index contributed by atoms with van der Waals surface area (Å²) in [5, 5.41) is 12.1. The third-order valence-corrected chi connectivity index (χ3v) is 2.70. The Morgan fingerprint density at radius 2 is 2.25 bits per heavy atom. The molecule has 5 nitrogen and oxygen atoms in total. The molecule has 0 bridgehead atoms. The summed E-state index contributed by atoms with van der Waals surface area (Å²) in [7, 11) is 1.66. The number of aliphatic carboxylic acids is 1. The Kier molecular flexibility index (Phi) is 4.70. The lowest BCUT2D eigenvalue weighted by Gasteiger charge is -2.27. The van der Waals surface area contributed by atoms with Gasteiger partial charge < -0.3 is 19.9 Å². The fourth-order valence-corrected chi connectivity index (χ4v) is 1.84. The summed E-state index contributed by atoms with van der Waals surface area (Å²) in [6.45, 7) is 5.36. The molecule has 0 spiro atoms. The van der Waals surface area contributed by atoms with Gasteiger partial charge in [-0.1, -0.05) is 0 Å². The molecule has 0 aromatic heterocycles. The molecule has 2 unspecified atom stereocenters. The molecule has 1 saturated heterocycles. The van der Waals surface area contributed by atoms with E-state index in [2.05, 4.69) is 5.32 Å². The lowest BCUT2D eigenvalue weighted by molar-refractivity contribution is -0.149. The van der Waals surface area contributed by atoms with Gasteiger partial charge in [0.1, 0.15) is 0 Å². The van der Waals surface area contributed by atoms with E-state index >= 15 is 0 Å². The van der Waals surface area contributed by atoms with E-state index in [1.807, 2.05) is 13.8 Å². The van der Waals surface area contributed by atoms with Crippen LogP contribution in [0.15, 0.2) is 0 Å². The highest BCUT2D eigenvalue weighted by Gasteiger charge is 2.31. The minimum atomic E-state index is -0.862. The van der Waals surface area contributed by atoms with E-state index in [9.17, 15) is 4.79 Å². The summed E-state index contributed by atoms with van der Waals surface area (Å²) >= 11 is 0. The molecule has 0 aliphatic carbocycles. The molecule has 94 valence electrons. The van der Waals surface area contributed by atoms with E-state index in [0.29, 0.717) is 19.6 Å². The highest BCUT2D eigenvalue weighted by Crippen LogP contribution is 2.19. The van der Waals surface area contributed by atoms with Crippen molar-refractivity contribution in [2.75, 3.05) is 20.3 Å². The average Bonchev–Trinajstić information content (AvgIpc) is 2.63. The van der Waals surface area contributed by atoms with Gasteiger partial charge in [0.2, 0.25) is 0 Å². The van der Waals surface area contributed by atoms with Gasteiger partial charge in [-0.15, -0.1) is 0 Å². The molecule has 2 N–H and O–H groups in total. The van der Waals surface area contributed by atoms with E-state index < -0.39 is 12.1 Å². The van der Waals surface area contributed by atoms with Gasteiger partial charge in [-0.25, -0.2) is 4.79 Å². The minimum absolute atomic E-state index is 0.00256. The molecular weight excluding hydrogens is 210 g/mol. The van der Waals surface area contributed by atoms with E-state index in [1.54, 1.807) is 7.11 Å². The largest absolute Gasteiger partial charge is 0.479 e. The Balaban J connectivity index is 2.27. The molecule has 0 amide bonds. The van der Waals surface area contributed by atoms with Crippen molar-refractivity contribution in [2.24, 2.45) is 0 Å². The van der Waals surface area contributed by atoms with Crippen LogP contribution in [-0.2, 0) is 14.3 Å². The summed E-state index contributed by atoms with van der Waals surface area (Å²) in [6.07, 6.45) is 0.772. The van der Waals surface area contributed by atoms with Crippen LogP contribution < -0.4 is 5.32 Å². The first-order chi connectivity index (χ1) is 7.44. The van der Waals surface area contributed by atoms with Gasteiger partial charge in [-0.3, -0.25) is 0 Å². The summed E-state index contributed by atoms with van der Waals surface area (Å²) in [4.78, 5) is 10.7. The van der Waals surface area contributed by atoms with Crippen molar-refractivity contribution in [3.63, 3.8) is 0 Å². The zero-order valence-electron chi connectivity index (χ0n) is 10.2. The van der Waals surface area contributed by atoms with Crippen LogP contribution in [0.2, 0.25) is 0 Å². The summed E-state index contributed by atoms with van der Waals surface area (Å²) in [5.74, 6) is -0.862. The molecule has 0 aromatic rings. The van der Waals surface area contributed by atoms with Crippen molar-refractivity contribution in [3.05, 3.63) is 0 Å². The van der Waals surface area contributed by atoms with Gasteiger partial charge in [0.25, 0.3) is 0 Å². The van der Waals surface area contributed by atoms with E-state index in [1.165, 1.54) is 0 Å². The van der Waals surface area contributed by atoms with Crippen LogP contribution in [-0.4, -0.2) is 49.1 Å². The first-order valence-electron chi connectivity index (χ1n) is 5.57. The molecule has 1 aliphatic heterocycles. The predicted octanol–water partition coefficient (Wildman–Crippen LogP) is 0.633. The first kappa shape index (κ1) is 13.4. The van der Waals surface area contributed by atoms with Crippen LogP contribution in [0.3, 0.4) is 0 Å². The fourth-order valence-electron chi connectivity index (χ4n) is 1.84. The van der Waals surface area contributed by atoms with E-state index in [4.69, 9.17) is 14.6 Å². The second-order valence-electron chi connectivity index (χ2n) is 4.86. The Bertz CT molecular complexity index is 242. The fraction of sp³-hybridized carbons (Fsp3) is 0.909. The number of carbonyl (C=O) groups is 1. The van der Waals surface area contributed by atoms with E-state index in [0.717, 1.165) is 6.42 Å². The standard InChI is InChI=1S/C11H21NO4/c1-11(2,7-15-3)12-6-8-4-5-9(16-8)10(13)14/h8-9,12H,4-7H2,1-3H3,(H,13,14). The quantitative estimate of drug-likeness (QED) is 0.702. The number of hydrogen-bond donors (Lipinski definition) is 2. The van der Waals surface area contributed by atoms with Crippen LogP contribution in [0.4, 0.5) is 0 Å². The molecule has 5 heteroatoms. The Labute approximate surface area is 96.1 Å². The number of rotatable bonds is 6. The van der Waals surface area contributed by atoms with Crippen LogP contribution in [0.25, 0.3) is 0 Å². The zero-order chi connectivity index (χ0) is 12.2. The number of nitrogens with one attached hydrogen (secondary N) is 1. The maximum absolute atomic E-state index is 10.7. The molecule has 1 aliphatic rings. The molecular formula is C11H21NO4.